The molecule has 0 amide bonds. The van der Waals surface area contributed by atoms with Crippen molar-refractivity contribution in [3.63, 3.8) is 0 Å². The van der Waals surface area contributed by atoms with Crippen molar-refractivity contribution in [2.45, 2.75) is 6.92 Å². The van der Waals surface area contributed by atoms with Crippen LogP contribution in [0.5, 0.6) is 0 Å². The minimum Gasteiger partial charge on any atom is -0.368 e. The summed E-state index contributed by atoms with van der Waals surface area (Å²) >= 11 is 3.34. The van der Waals surface area contributed by atoms with Crippen LogP contribution >= 0.6 is 15.9 Å². The number of ketones is 1. The minimum absolute atomic E-state index is 0.118. The number of anilines is 1. The van der Waals surface area contributed by atoms with Crippen molar-refractivity contribution in [1.29, 1.82) is 0 Å². The SMILES string of the molecule is CC(=O)c1nc(N)nc2ccc(Br)cc12. The van der Waals surface area contributed by atoms with Crippen LogP contribution in [0.2, 0.25) is 0 Å². The molecule has 1 heterocycles. The van der Waals surface area contributed by atoms with Crippen LogP contribution in [0, 0.1) is 0 Å². The van der Waals surface area contributed by atoms with E-state index in [0.717, 1.165) is 4.47 Å². The molecule has 0 aliphatic carbocycles. The quantitative estimate of drug-likeness (QED) is 0.803. The topological polar surface area (TPSA) is 68.9 Å². The number of carbonyl (C=O) groups is 1. The van der Waals surface area contributed by atoms with Crippen molar-refractivity contribution in [2.24, 2.45) is 0 Å². The molecule has 4 nitrogen and oxygen atoms in total. The maximum atomic E-state index is 11.4. The summed E-state index contributed by atoms with van der Waals surface area (Å²) < 4.78 is 0.880. The van der Waals surface area contributed by atoms with E-state index in [1.54, 1.807) is 6.07 Å². The van der Waals surface area contributed by atoms with Crippen LogP contribution in [0.15, 0.2) is 22.7 Å². The van der Waals surface area contributed by atoms with Gasteiger partial charge in [0.15, 0.2) is 5.78 Å². The van der Waals surface area contributed by atoms with Crippen LogP contribution < -0.4 is 5.73 Å². The average molecular weight is 266 g/mol. The molecule has 0 spiro atoms. The summed E-state index contributed by atoms with van der Waals surface area (Å²) in [4.78, 5) is 19.4. The molecular weight excluding hydrogens is 258 g/mol. The Morgan fingerprint density at radius 2 is 2.13 bits per heavy atom. The van der Waals surface area contributed by atoms with Gasteiger partial charge in [-0.15, -0.1) is 0 Å². The number of carbonyl (C=O) groups excluding carboxylic acids is 1. The third-order valence-corrected chi connectivity index (χ3v) is 2.50. The van der Waals surface area contributed by atoms with Gasteiger partial charge in [0.25, 0.3) is 0 Å². The third kappa shape index (κ3) is 1.83. The van der Waals surface area contributed by atoms with E-state index in [-0.39, 0.29) is 11.7 Å². The number of rotatable bonds is 1. The second kappa shape index (κ2) is 3.58. The second-order valence-electron chi connectivity index (χ2n) is 3.15. The first kappa shape index (κ1) is 10.0. The lowest BCUT2D eigenvalue weighted by Gasteiger charge is -2.03. The van der Waals surface area contributed by atoms with Crippen LogP contribution in [0.1, 0.15) is 17.4 Å². The molecule has 0 saturated carbocycles. The van der Waals surface area contributed by atoms with Gasteiger partial charge in [0.05, 0.1) is 5.52 Å². The summed E-state index contributed by atoms with van der Waals surface area (Å²) in [5.74, 6) is 0.00206. The highest BCUT2D eigenvalue weighted by Gasteiger charge is 2.10. The van der Waals surface area contributed by atoms with Crippen LogP contribution in [0.3, 0.4) is 0 Å². The lowest BCUT2D eigenvalue weighted by molar-refractivity contribution is 0.101. The Hall–Kier alpha value is -1.49. The van der Waals surface area contributed by atoms with Gasteiger partial charge in [0, 0.05) is 16.8 Å². The number of benzene rings is 1. The van der Waals surface area contributed by atoms with Gasteiger partial charge in [-0.2, -0.15) is 0 Å². The zero-order valence-electron chi connectivity index (χ0n) is 7.99. The molecule has 2 N–H and O–H groups in total. The lowest BCUT2D eigenvalue weighted by Crippen LogP contribution is -2.04. The van der Waals surface area contributed by atoms with Gasteiger partial charge in [-0.3, -0.25) is 4.79 Å². The van der Waals surface area contributed by atoms with E-state index >= 15 is 0 Å². The minimum atomic E-state index is -0.118. The number of nitrogens with two attached hydrogens (primary N) is 1. The van der Waals surface area contributed by atoms with Gasteiger partial charge >= 0.3 is 0 Å². The van der Waals surface area contributed by atoms with E-state index in [4.69, 9.17) is 5.73 Å². The second-order valence-corrected chi connectivity index (χ2v) is 4.06. The Kier molecular flexibility index (Phi) is 2.40. The van der Waals surface area contributed by atoms with E-state index in [2.05, 4.69) is 25.9 Å². The molecule has 0 bridgehead atoms. The fourth-order valence-corrected chi connectivity index (χ4v) is 1.75. The molecule has 2 rings (SSSR count). The fourth-order valence-electron chi connectivity index (χ4n) is 1.39. The highest BCUT2D eigenvalue weighted by Crippen LogP contribution is 2.21. The molecule has 0 radical (unpaired) electrons. The van der Waals surface area contributed by atoms with E-state index < -0.39 is 0 Å². The van der Waals surface area contributed by atoms with Crippen molar-refractivity contribution >= 4 is 38.6 Å². The normalized spacial score (nSPS) is 10.5. The zero-order chi connectivity index (χ0) is 11.0. The number of nitrogen functional groups attached to an aromatic ring is 1. The van der Waals surface area contributed by atoms with E-state index in [9.17, 15) is 4.79 Å². The zero-order valence-corrected chi connectivity index (χ0v) is 9.58. The largest absolute Gasteiger partial charge is 0.368 e. The predicted octanol–water partition coefficient (Wildman–Crippen LogP) is 2.18. The number of Topliss-reactive ketones (excluding diaryl/α,β-unsaturated/α-hetero) is 1. The Morgan fingerprint density at radius 3 is 2.80 bits per heavy atom. The fraction of sp³-hybridized carbons (Fsp3) is 0.100. The molecule has 5 heteroatoms. The molecule has 1 aromatic carbocycles. The van der Waals surface area contributed by atoms with Gasteiger partial charge in [0.1, 0.15) is 5.69 Å². The first-order valence-electron chi connectivity index (χ1n) is 4.31. The van der Waals surface area contributed by atoms with Crippen LogP contribution in [-0.4, -0.2) is 15.8 Å². The molecule has 0 saturated heterocycles. The molecular formula is C10H8BrN3O. The molecule has 76 valence electrons. The maximum Gasteiger partial charge on any atom is 0.221 e. The number of aromatic nitrogens is 2. The highest BCUT2D eigenvalue weighted by atomic mass is 79.9. The van der Waals surface area contributed by atoms with Crippen LogP contribution in [0.4, 0.5) is 5.95 Å². The third-order valence-electron chi connectivity index (χ3n) is 2.01. The Labute approximate surface area is 94.7 Å². The van der Waals surface area contributed by atoms with Gasteiger partial charge < -0.3 is 5.73 Å². The summed E-state index contributed by atoms with van der Waals surface area (Å²) in [6.45, 7) is 1.46. The van der Waals surface area contributed by atoms with Gasteiger partial charge in [0.2, 0.25) is 5.95 Å². The molecule has 0 aliphatic heterocycles. The summed E-state index contributed by atoms with van der Waals surface area (Å²) in [5.41, 5.74) is 6.55. The van der Waals surface area contributed by atoms with Gasteiger partial charge in [-0.25, -0.2) is 9.97 Å². The average Bonchev–Trinajstić information content (AvgIpc) is 2.17. The first-order chi connectivity index (χ1) is 7.08. The van der Waals surface area contributed by atoms with Crippen LogP contribution in [0.25, 0.3) is 10.9 Å². The number of fused-ring (bicyclic) bond motifs is 1. The van der Waals surface area contributed by atoms with Crippen molar-refractivity contribution in [3.8, 4) is 0 Å². The summed E-state index contributed by atoms with van der Waals surface area (Å²) in [7, 11) is 0. The molecule has 0 fully saturated rings. The van der Waals surface area contributed by atoms with E-state index in [1.807, 2.05) is 12.1 Å². The molecule has 2 aromatic rings. The molecule has 0 unspecified atom stereocenters. The summed E-state index contributed by atoms with van der Waals surface area (Å²) in [6, 6.07) is 5.45. The van der Waals surface area contributed by atoms with Crippen molar-refractivity contribution in [1.82, 2.24) is 9.97 Å². The molecule has 1 aromatic heterocycles. The van der Waals surface area contributed by atoms with Crippen molar-refractivity contribution in [2.75, 3.05) is 5.73 Å². The Morgan fingerprint density at radius 1 is 1.40 bits per heavy atom. The maximum absolute atomic E-state index is 11.4. The first-order valence-corrected chi connectivity index (χ1v) is 5.11. The number of halogens is 1. The van der Waals surface area contributed by atoms with Crippen molar-refractivity contribution in [3.05, 3.63) is 28.4 Å². The monoisotopic (exact) mass is 265 g/mol. The lowest BCUT2D eigenvalue weighted by atomic mass is 10.1. The van der Waals surface area contributed by atoms with Gasteiger partial charge in [-0.05, 0) is 18.2 Å². The number of nitrogens with zero attached hydrogens (tertiary/aromatic N) is 2. The molecule has 0 aliphatic rings. The number of hydrogen-bond donors (Lipinski definition) is 1. The van der Waals surface area contributed by atoms with Gasteiger partial charge in [-0.1, -0.05) is 15.9 Å². The molecule has 15 heavy (non-hydrogen) atoms. The summed E-state index contributed by atoms with van der Waals surface area (Å²) in [6.07, 6.45) is 0. The predicted molar refractivity (Wildman–Crippen MR) is 61.7 cm³/mol. The van der Waals surface area contributed by atoms with Crippen molar-refractivity contribution < 1.29 is 4.79 Å². The Balaban J connectivity index is 2.87. The Bertz CT molecular complexity index is 554. The van der Waals surface area contributed by atoms with E-state index in [1.165, 1.54) is 6.92 Å². The summed E-state index contributed by atoms with van der Waals surface area (Å²) in [5, 5.41) is 0.714. The molecule has 0 atom stereocenters. The highest BCUT2D eigenvalue weighted by molar-refractivity contribution is 9.10. The van der Waals surface area contributed by atoms with E-state index in [0.29, 0.717) is 16.6 Å². The smallest absolute Gasteiger partial charge is 0.221 e. The van der Waals surface area contributed by atoms with Crippen LogP contribution in [-0.2, 0) is 0 Å². The standard InChI is InChI=1S/C10H8BrN3O/c1-5(15)9-7-4-6(11)2-3-8(7)13-10(12)14-9/h2-4H,1H3,(H2,12,13,14). The number of hydrogen-bond acceptors (Lipinski definition) is 4.